The molecule has 272 valence electrons. The van der Waals surface area contributed by atoms with E-state index in [-0.39, 0.29) is 5.82 Å². The van der Waals surface area contributed by atoms with Gasteiger partial charge in [-0.25, -0.2) is 4.39 Å². The van der Waals surface area contributed by atoms with E-state index in [0.717, 1.165) is 139 Å². The average Bonchev–Trinajstić information content (AvgIpc) is 3.10. The van der Waals surface area contributed by atoms with E-state index < -0.39 is 0 Å². The third kappa shape index (κ3) is 9.04. The molecule has 5 rings (SSSR count). The van der Waals surface area contributed by atoms with Crippen LogP contribution in [0.4, 0.5) is 38.5 Å². The number of fused-ring (bicyclic) bond motifs is 2. The molecule has 0 aliphatic carbocycles. The third-order valence-corrected chi connectivity index (χ3v) is 9.68. The molecular formula is C43H57FN6O. The topological polar surface area (TPSA) is 77.8 Å². The predicted octanol–water partition coefficient (Wildman–Crippen LogP) is 9.90. The number of allylic oxidation sites excluding steroid dienone is 1. The predicted molar refractivity (Wildman–Crippen MR) is 217 cm³/mol. The Labute approximate surface area is 305 Å². The van der Waals surface area contributed by atoms with E-state index in [1.807, 2.05) is 18.2 Å². The number of hydrogen-bond donors (Lipinski definition) is 4. The molecule has 5 N–H and O–H groups in total. The second-order valence-electron chi connectivity index (χ2n) is 14.0. The van der Waals surface area contributed by atoms with E-state index in [2.05, 4.69) is 91.8 Å². The van der Waals surface area contributed by atoms with E-state index in [4.69, 9.17) is 10.5 Å². The first-order valence-electron chi connectivity index (χ1n) is 18.5. The maximum atomic E-state index is 16.2. The molecule has 0 saturated heterocycles. The summed E-state index contributed by atoms with van der Waals surface area (Å²) in [4.78, 5) is 4.40. The number of anilines is 6. The number of unbranched alkanes of at least 4 members (excludes halogenated alkanes) is 4. The molecule has 51 heavy (non-hydrogen) atoms. The highest BCUT2D eigenvalue weighted by atomic mass is 19.1. The van der Waals surface area contributed by atoms with Crippen molar-refractivity contribution in [2.75, 3.05) is 68.2 Å². The highest BCUT2D eigenvalue weighted by molar-refractivity contribution is 5.99. The summed E-state index contributed by atoms with van der Waals surface area (Å²) in [5.41, 5.74) is 18.6. The van der Waals surface area contributed by atoms with Crippen LogP contribution in [0.5, 0.6) is 0 Å². The van der Waals surface area contributed by atoms with Crippen molar-refractivity contribution in [2.45, 2.75) is 65.2 Å². The van der Waals surface area contributed by atoms with Crippen LogP contribution in [-0.2, 0) is 11.2 Å². The Bertz CT molecular complexity index is 1780. The minimum Gasteiger partial charge on any atom is -0.399 e. The number of aryl methyl sites for hydroxylation is 1. The highest BCUT2D eigenvalue weighted by Gasteiger charge is 2.34. The lowest BCUT2D eigenvalue weighted by atomic mass is 9.84. The molecule has 0 bridgehead atoms. The van der Waals surface area contributed by atoms with Gasteiger partial charge in [-0.15, -0.1) is 0 Å². The number of rotatable bonds is 20. The van der Waals surface area contributed by atoms with Crippen LogP contribution in [0.3, 0.4) is 0 Å². The van der Waals surface area contributed by atoms with E-state index >= 15 is 4.39 Å². The van der Waals surface area contributed by atoms with Gasteiger partial charge in [-0.1, -0.05) is 45.6 Å². The first-order chi connectivity index (χ1) is 24.6. The number of hydrogen-bond acceptors (Lipinski definition) is 7. The number of halogens is 1. The van der Waals surface area contributed by atoms with Gasteiger partial charge in [0, 0.05) is 84.1 Å². The number of nitrogens with two attached hydrogens (primary N) is 1. The molecular weight excluding hydrogens is 636 g/mol. The van der Waals surface area contributed by atoms with Gasteiger partial charge in [-0.3, -0.25) is 0 Å². The molecule has 2 aliphatic heterocycles. The van der Waals surface area contributed by atoms with Gasteiger partial charge in [-0.2, -0.15) is 0 Å². The van der Waals surface area contributed by atoms with Gasteiger partial charge in [-0.05, 0) is 118 Å². The second kappa shape index (κ2) is 17.6. The first kappa shape index (κ1) is 37.7. The molecule has 0 atom stereocenters. The normalized spacial score (nSPS) is 13.1. The van der Waals surface area contributed by atoms with Crippen molar-refractivity contribution in [3.63, 3.8) is 0 Å². The molecule has 0 fully saturated rings. The first-order valence-corrected chi connectivity index (χ1v) is 18.5. The van der Waals surface area contributed by atoms with Crippen molar-refractivity contribution in [2.24, 2.45) is 0 Å². The molecule has 8 heteroatoms. The van der Waals surface area contributed by atoms with Gasteiger partial charge in [0.15, 0.2) is 0 Å². The number of nitrogens with one attached hydrogen (secondary N) is 3. The van der Waals surface area contributed by atoms with Crippen molar-refractivity contribution < 1.29 is 9.13 Å². The molecule has 0 aromatic heterocycles. The summed E-state index contributed by atoms with van der Waals surface area (Å²) in [6.45, 7) is 21.3. The quantitative estimate of drug-likeness (QED) is 0.0694. The van der Waals surface area contributed by atoms with Crippen LogP contribution in [0.1, 0.15) is 79.7 Å². The average molecular weight is 693 g/mol. The Morgan fingerprint density at radius 3 is 2.57 bits per heavy atom. The monoisotopic (exact) mass is 692 g/mol. The molecule has 7 nitrogen and oxygen atoms in total. The molecule has 3 aromatic carbocycles. The Kier molecular flexibility index (Phi) is 13.0. The SMILES string of the molecule is C=Cc1cc(N)ccc1Nc1cc2c(cc1C)N1C=C(C(=C)NCCCCCCOCCC)C(=C)c3cc(F)c(NCCCCN(C)C)c(c31)C2. The maximum Gasteiger partial charge on any atom is 0.147 e. The van der Waals surface area contributed by atoms with Crippen LogP contribution < -0.4 is 26.6 Å². The molecule has 2 heterocycles. The molecule has 0 unspecified atom stereocenters. The van der Waals surface area contributed by atoms with Crippen LogP contribution in [0, 0.1) is 12.7 Å². The molecule has 0 saturated carbocycles. The van der Waals surface area contributed by atoms with Crippen LogP contribution in [-0.4, -0.2) is 51.8 Å². The zero-order chi connectivity index (χ0) is 36.5. The van der Waals surface area contributed by atoms with Gasteiger partial charge in [0.05, 0.1) is 11.4 Å². The zero-order valence-electron chi connectivity index (χ0n) is 31.2. The summed E-state index contributed by atoms with van der Waals surface area (Å²) in [5, 5.41) is 10.7. The highest BCUT2D eigenvalue weighted by Crippen LogP contribution is 2.52. The van der Waals surface area contributed by atoms with Crippen molar-refractivity contribution in [3.05, 3.63) is 107 Å². The molecule has 0 spiro atoms. The van der Waals surface area contributed by atoms with Gasteiger partial charge in [0.1, 0.15) is 5.82 Å². The maximum absolute atomic E-state index is 16.2. The Morgan fingerprint density at radius 1 is 1.02 bits per heavy atom. The Morgan fingerprint density at radius 2 is 1.80 bits per heavy atom. The zero-order valence-corrected chi connectivity index (χ0v) is 31.2. The lowest BCUT2D eigenvalue weighted by Gasteiger charge is -2.39. The summed E-state index contributed by atoms with van der Waals surface area (Å²) in [6.07, 6.45) is 11.9. The fourth-order valence-corrected chi connectivity index (χ4v) is 6.90. The lowest BCUT2D eigenvalue weighted by molar-refractivity contribution is 0.130. The summed E-state index contributed by atoms with van der Waals surface area (Å²) in [6, 6.07) is 11.8. The van der Waals surface area contributed by atoms with Gasteiger partial charge in [0.2, 0.25) is 0 Å². The van der Waals surface area contributed by atoms with Crippen LogP contribution in [0.2, 0.25) is 0 Å². The fraction of sp³-hybridized carbons (Fsp3) is 0.395. The Balaban J connectivity index is 1.44. The van der Waals surface area contributed by atoms with Gasteiger partial charge in [0.25, 0.3) is 0 Å². The van der Waals surface area contributed by atoms with Crippen molar-refractivity contribution in [3.8, 4) is 0 Å². The summed E-state index contributed by atoms with van der Waals surface area (Å²) < 4.78 is 21.8. The molecule has 3 aromatic rings. The van der Waals surface area contributed by atoms with E-state index in [0.29, 0.717) is 24.3 Å². The lowest BCUT2D eigenvalue weighted by Crippen LogP contribution is -2.27. The largest absolute Gasteiger partial charge is 0.399 e. The smallest absolute Gasteiger partial charge is 0.147 e. The van der Waals surface area contributed by atoms with Crippen molar-refractivity contribution in [1.82, 2.24) is 10.2 Å². The minimum atomic E-state index is -0.258. The van der Waals surface area contributed by atoms with E-state index in [1.54, 1.807) is 12.1 Å². The number of nitrogen functional groups attached to an aromatic ring is 1. The second-order valence-corrected chi connectivity index (χ2v) is 14.0. The van der Waals surface area contributed by atoms with E-state index in [1.165, 1.54) is 0 Å². The summed E-state index contributed by atoms with van der Waals surface area (Å²) >= 11 is 0. The van der Waals surface area contributed by atoms with Crippen LogP contribution in [0.25, 0.3) is 11.6 Å². The number of benzene rings is 3. The number of nitrogens with zero attached hydrogens (tertiary/aromatic N) is 2. The third-order valence-electron chi connectivity index (χ3n) is 9.68. The molecule has 2 aliphatic rings. The van der Waals surface area contributed by atoms with Crippen molar-refractivity contribution >= 4 is 45.8 Å². The fourth-order valence-electron chi connectivity index (χ4n) is 6.90. The van der Waals surface area contributed by atoms with Gasteiger partial charge >= 0.3 is 0 Å². The van der Waals surface area contributed by atoms with E-state index in [9.17, 15) is 0 Å². The summed E-state index contributed by atoms with van der Waals surface area (Å²) in [5.74, 6) is -0.258. The van der Waals surface area contributed by atoms with Crippen molar-refractivity contribution in [1.29, 1.82) is 0 Å². The Hall–Kier alpha value is -4.53. The van der Waals surface area contributed by atoms with Gasteiger partial charge < -0.3 is 36.2 Å². The molecule has 0 amide bonds. The minimum absolute atomic E-state index is 0.258. The molecule has 0 radical (unpaired) electrons. The van der Waals surface area contributed by atoms with Crippen LogP contribution >= 0.6 is 0 Å². The summed E-state index contributed by atoms with van der Waals surface area (Å²) in [7, 11) is 4.16. The standard InChI is InChI=1S/C43H57FN6O/c1-8-21-51-22-15-11-10-12-18-46-31(5)37-28-50-41-23-29(3)40(48-39-17-16-34(45)24-32(39)9-2)26-33(41)25-36-42(47-19-13-14-20-49(6)7)38(44)27-35(30(37)4)43(36)50/h9,16-17,23-24,26-28,46-48H,2,4-5,8,10-15,18-22,25,45H2,1,3,6-7H3. The van der Waals surface area contributed by atoms with Crippen LogP contribution in [0.15, 0.2) is 73.6 Å². The number of ether oxygens (including phenoxy) is 1.